The van der Waals surface area contributed by atoms with Gasteiger partial charge in [-0.05, 0) is 23.6 Å². The van der Waals surface area contributed by atoms with Crippen LogP contribution in [0.15, 0.2) is 23.7 Å². The predicted molar refractivity (Wildman–Crippen MR) is 71.4 cm³/mol. The highest BCUT2D eigenvalue weighted by Gasteiger charge is 2.13. The highest BCUT2D eigenvalue weighted by molar-refractivity contribution is 7.16. The monoisotopic (exact) mass is 248 g/mol. The SMILES string of the molecule is CC(C)(C)CNC(=O)c1ccc2ncsc2c1. The van der Waals surface area contributed by atoms with E-state index in [9.17, 15) is 4.79 Å². The van der Waals surface area contributed by atoms with Gasteiger partial charge in [0, 0.05) is 12.1 Å². The van der Waals surface area contributed by atoms with Crippen LogP contribution in [-0.4, -0.2) is 17.4 Å². The first-order chi connectivity index (χ1) is 7.96. The number of nitrogens with zero attached hydrogens (tertiary/aromatic N) is 1. The molecule has 1 aromatic carbocycles. The highest BCUT2D eigenvalue weighted by atomic mass is 32.1. The van der Waals surface area contributed by atoms with E-state index in [0.29, 0.717) is 12.1 Å². The van der Waals surface area contributed by atoms with Gasteiger partial charge in [-0.3, -0.25) is 4.79 Å². The van der Waals surface area contributed by atoms with Crippen LogP contribution in [0, 0.1) is 5.41 Å². The number of fused-ring (bicyclic) bond motifs is 1. The molecule has 0 spiro atoms. The molecule has 0 fully saturated rings. The van der Waals surface area contributed by atoms with E-state index in [-0.39, 0.29) is 11.3 Å². The van der Waals surface area contributed by atoms with Gasteiger partial charge >= 0.3 is 0 Å². The number of amides is 1. The fourth-order valence-corrected chi connectivity index (χ4v) is 2.16. The molecule has 0 bridgehead atoms. The molecule has 0 aliphatic rings. The Morgan fingerprint density at radius 2 is 2.18 bits per heavy atom. The summed E-state index contributed by atoms with van der Waals surface area (Å²) in [4.78, 5) is 16.1. The van der Waals surface area contributed by atoms with Crippen molar-refractivity contribution in [3.63, 3.8) is 0 Å². The van der Waals surface area contributed by atoms with Crippen molar-refractivity contribution in [2.75, 3.05) is 6.54 Å². The van der Waals surface area contributed by atoms with E-state index in [1.807, 2.05) is 18.2 Å². The lowest BCUT2D eigenvalue weighted by molar-refractivity contribution is 0.0939. The molecule has 0 unspecified atom stereocenters. The van der Waals surface area contributed by atoms with Crippen LogP contribution in [0.3, 0.4) is 0 Å². The third kappa shape index (κ3) is 3.03. The van der Waals surface area contributed by atoms with Crippen LogP contribution in [0.2, 0.25) is 0 Å². The Bertz CT molecular complexity index is 540. The van der Waals surface area contributed by atoms with Gasteiger partial charge < -0.3 is 5.32 Å². The molecule has 0 radical (unpaired) electrons. The Labute approximate surface area is 105 Å². The smallest absolute Gasteiger partial charge is 0.251 e. The van der Waals surface area contributed by atoms with Crippen LogP contribution in [0.25, 0.3) is 10.2 Å². The van der Waals surface area contributed by atoms with E-state index < -0.39 is 0 Å². The van der Waals surface area contributed by atoms with Gasteiger partial charge in [0.05, 0.1) is 15.7 Å². The molecule has 1 N–H and O–H groups in total. The molecule has 3 nitrogen and oxygen atoms in total. The molecular weight excluding hydrogens is 232 g/mol. The minimum absolute atomic E-state index is 0.0183. The molecule has 1 amide bonds. The first kappa shape index (κ1) is 12.0. The molecule has 17 heavy (non-hydrogen) atoms. The largest absolute Gasteiger partial charge is 0.352 e. The Morgan fingerprint density at radius 1 is 1.41 bits per heavy atom. The third-order valence-electron chi connectivity index (χ3n) is 2.37. The van der Waals surface area contributed by atoms with E-state index in [2.05, 4.69) is 31.1 Å². The Balaban J connectivity index is 2.13. The van der Waals surface area contributed by atoms with Crippen molar-refractivity contribution in [1.29, 1.82) is 0 Å². The zero-order valence-corrected chi connectivity index (χ0v) is 11.1. The van der Waals surface area contributed by atoms with E-state index in [4.69, 9.17) is 0 Å². The number of hydrogen-bond acceptors (Lipinski definition) is 3. The minimum Gasteiger partial charge on any atom is -0.352 e. The molecule has 0 saturated carbocycles. The topological polar surface area (TPSA) is 42.0 Å². The number of aromatic nitrogens is 1. The summed E-state index contributed by atoms with van der Waals surface area (Å²) >= 11 is 1.55. The van der Waals surface area contributed by atoms with E-state index in [1.54, 1.807) is 16.8 Å². The normalized spacial score (nSPS) is 11.7. The molecule has 2 rings (SSSR count). The first-order valence-corrected chi connectivity index (χ1v) is 6.45. The molecule has 2 aromatic rings. The average Bonchev–Trinajstić information content (AvgIpc) is 2.71. The van der Waals surface area contributed by atoms with Gasteiger partial charge in [0.15, 0.2) is 0 Å². The quantitative estimate of drug-likeness (QED) is 0.887. The summed E-state index contributed by atoms with van der Waals surface area (Å²) in [5.74, 6) is -0.0183. The van der Waals surface area contributed by atoms with Crippen molar-refractivity contribution in [2.45, 2.75) is 20.8 Å². The fraction of sp³-hybridized carbons (Fsp3) is 0.385. The maximum atomic E-state index is 11.9. The van der Waals surface area contributed by atoms with Crippen molar-refractivity contribution >= 4 is 27.5 Å². The van der Waals surface area contributed by atoms with Crippen LogP contribution >= 0.6 is 11.3 Å². The number of carbonyl (C=O) groups excluding carboxylic acids is 1. The second-order valence-electron chi connectivity index (χ2n) is 5.28. The lowest BCUT2D eigenvalue weighted by Gasteiger charge is -2.18. The lowest BCUT2D eigenvalue weighted by Crippen LogP contribution is -2.32. The van der Waals surface area contributed by atoms with Crippen molar-refractivity contribution in [1.82, 2.24) is 10.3 Å². The summed E-state index contributed by atoms with van der Waals surface area (Å²) < 4.78 is 1.05. The zero-order chi connectivity index (χ0) is 12.5. The van der Waals surface area contributed by atoms with Crippen molar-refractivity contribution < 1.29 is 4.79 Å². The molecule has 90 valence electrons. The molecule has 1 heterocycles. The van der Waals surface area contributed by atoms with Gasteiger partial charge in [-0.2, -0.15) is 0 Å². The Morgan fingerprint density at radius 3 is 2.88 bits per heavy atom. The maximum absolute atomic E-state index is 11.9. The number of carbonyl (C=O) groups is 1. The van der Waals surface area contributed by atoms with Gasteiger partial charge in [0.1, 0.15) is 0 Å². The molecule has 0 aliphatic carbocycles. The maximum Gasteiger partial charge on any atom is 0.251 e. The molecule has 0 aliphatic heterocycles. The van der Waals surface area contributed by atoms with Crippen LogP contribution in [0.1, 0.15) is 31.1 Å². The van der Waals surface area contributed by atoms with Crippen molar-refractivity contribution in [3.05, 3.63) is 29.3 Å². The molecule has 1 aromatic heterocycles. The van der Waals surface area contributed by atoms with Gasteiger partial charge in [-0.25, -0.2) is 4.98 Å². The van der Waals surface area contributed by atoms with E-state index in [0.717, 1.165) is 10.2 Å². The number of hydrogen-bond donors (Lipinski definition) is 1. The Kier molecular flexibility index (Phi) is 3.15. The number of nitrogens with one attached hydrogen (secondary N) is 1. The van der Waals surface area contributed by atoms with E-state index >= 15 is 0 Å². The minimum atomic E-state index is -0.0183. The van der Waals surface area contributed by atoms with Crippen LogP contribution in [0.5, 0.6) is 0 Å². The summed E-state index contributed by atoms with van der Waals surface area (Å²) in [5.41, 5.74) is 3.54. The fourth-order valence-electron chi connectivity index (χ4n) is 1.44. The predicted octanol–water partition coefficient (Wildman–Crippen LogP) is 3.07. The average molecular weight is 248 g/mol. The molecular formula is C13H16N2OS. The molecule has 4 heteroatoms. The standard InChI is InChI=1S/C13H16N2OS/c1-13(2,3)7-14-12(16)9-4-5-10-11(6-9)17-8-15-10/h4-6,8H,7H2,1-3H3,(H,14,16). The highest BCUT2D eigenvalue weighted by Crippen LogP contribution is 2.19. The van der Waals surface area contributed by atoms with Gasteiger partial charge in [-0.15, -0.1) is 11.3 Å². The number of rotatable bonds is 2. The first-order valence-electron chi connectivity index (χ1n) is 5.57. The Hall–Kier alpha value is -1.42. The third-order valence-corrected chi connectivity index (χ3v) is 3.16. The van der Waals surface area contributed by atoms with Gasteiger partial charge in [-0.1, -0.05) is 20.8 Å². The second kappa shape index (κ2) is 4.45. The zero-order valence-electron chi connectivity index (χ0n) is 10.3. The van der Waals surface area contributed by atoms with Crippen LogP contribution < -0.4 is 5.32 Å². The van der Waals surface area contributed by atoms with Gasteiger partial charge in [0.25, 0.3) is 5.91 Å². The summed E-state index contributed by atoms with van der Waals surface area (Å²) in [5, 5.41) is 2.94. The van der Waals surface area contributed by atoms with Crippen molar-refractivity contribution in [3.8, 4) is 0 Å². The summed E-state index contributed by atoms with van der Waals surface area (Å²) in [7, 11) is 0. The lowest BCUT2D eigenvalue weighted by atomic mass is 9.97. The van der Waals surface area contributed by atoms with Gasteiger partial charge in [0.2, 0.25) is 0 Å². The van der Waals surface area contributed by atoms with Crippen LogP contribution in [0.4, 0.5) is 0 Å². The number of benzene rings is 1. The van der Waals surface area contributed by atoms with Crippen LogP contribution in [-0.2, 0) is 0 Å². The summed E-state index contributed by atoms with van der Waals surface area (Å²) in [6.07, 6.45) is 0. The van der Waals surface area contributed by atoms with E-state index in [1.165, 1.54) is 0 Å². The number of thiazole rings is 1. The second-order valence-corrected chi connectivity index (χ2v) is 6.16. The van der Waals surface area contributed by atoms with Crippen molar-refractivity contribution in [2.24, 2.45) is 5.41 Å². The molecule has 0 saturated heterocycles. The summed E-state index contributed by atoms with van der Waals surface area (Å²) in [6, 6.07) is 5.60. The summed E-state index contributed by atoms with van der Waals surface area (Å²) in [6.45, 7) is 6.96. The molecule has 0 atom stereocenters.